The van der Waals surface area contributed by atoms with Crippen molar-refractivity contribution in [2.45, 2.75) is 49.7 Å². The first-order valence-electron chi connectivity index (χ1n) is 13.8. The lowest BCUT2D eigenvalue weighted by atomic mass is 9.80. The molecule has 0 unspecified atom stereocenters. The Morgan fingerprint density at radius 2 is 1.37 bits per heavy atom. The van der Waals surface area contributed by atoms with Gasteiger partial charge in [-0.2, -0.15) is 0 Å². The Balaban J connectivity index is 1.29. The first-order valence-corrected chi connectivity index (χ1v) is 14.2. The van der Waals surface area contributed by atoms with E-state index in [0.717, 1.165) is 33.3 Å². The molecule has 4 atom stereocenters. The van der Waals surface area contributed by atoms with Crippen LogP contribution in [-0.2, 0) is 24.5 Å². The summed E-state index contributed by atoms with van der Waals surface area (Å²) in [6, 6.07) is 31.0. The highest BCUT2D eigenvalue weighted by molar-refractivity contribution is 7.71. The van der Waals surface area contributed by atoms with E-state index in [1.54, 1.807) is 6.33 Å². The lowest BCUT2D eigenvalue weighted by Crippen LogP contribution is -2.39. The highest BCUT2D eigenvalue weighted by Crippen LogP contribution is 2.48. The molecular weight excluding hydrogens is 534 g/mol. The molecule has 7 nitrogen and oxygen atoms in total. The van der Waals surface area contributed by atoms with Crippen LogP contribution in [0.2, 0.25) is 0 Å². The predicted octanol–water partition coefficient (Wildman–Crippen LogP) is 6.59. The largest absolute Gasteiger partial charge is 0.362 e. The predicted molar refractivity (Wildman–Crippen MR) is 158 cm³/mol. The summed E-state index contributed by atoms with van der Waals surface area (Å²) in [6.07, 6.45) is 2.09. The van der Waals surface area contributed by atoms with Crippen molar-refractivity contribution >= 4 is 23.3 Å². The molecule has 2 aliphatic rings. The summed E-state index contributed by atoms with van der Waals surface area (Å²) >= 11 is 5.44. The molecule has 3 aromatic carbocycles. The number of benzene rings is 3. The molecule has 208 valence electrons. The summed E-state index contributed by atoms with van der Waals surface area (Å²) < 4.78 is 27.3. The molecule has 8 heteroatoms. The summed E-state index contributed by atoms with van der Waals surface area (Å²) in [5.74, 6) is -0.758. The van der Waals surface area contributed by atoms with Crippen molar-refractivity contribution in [3.63, 3.8) is 0 Å². The second kappa shape index (κ2) is 10.3. The van der Waals surface area contributed by atoms with Crippen LogP contribution < -0.4 is 0 Å². The number of hydrogen-bond donors (Lipinski definition) is 2. The molecule has 5 aromatic rings. The fourth-order valence-electron chi connectivity index (χ4n) is 6.25. The van der Waals surface area contributed by atoms with Crippen molar-refractivity contribution < 1.29 is 18.9 Å². The maximum absolute atomic E-state index is 7.12. The van der Waals surface area contributed by atoms with E-state index >= 15 is 0 Å². The molecule has 4 heterocycles. The standard InChI is InChI=1S/C33H31N3O4S/c1-32(2)39-29-25(38-28(30(29)40-32)24-18-34-27-26(24)35-20-36-31(27)41)19-37-33(21-12-6-3-7-13-21,22-14-8-4-9-15-22)23-16-10-5-11-17-23/h3-18,20,25,28-30,34H,19H2,1-2H3,(H,35,36,41)/t25-,28+,29-,30+/m1/s1. The zero-order chi connectivity index (χ0) is 28.0. The van der Waals surface area contributed by atoms with Gasteiger partial charge in [0.15, 0.2) is 10.4 Å². The van der Waals surface area contributed by atoms with Gasteiger partial charge in [0.2, 0.25) is 0 Å². The van der Waals surface area contributed by atoms with Crippen LogP contribution in [0.4, 0.5) is 0 Å². The van der Waals surface area contributed by atoms with E-state index in [-0.39, 0.29) is 18.8 Å². The fourth-order valence-corrected chi connectivity index (χ4v) is 6.46. The molecule has 7 rings (SSSR count). The Kier molecular flexibility index (Phi) is 6.60. The van der Waals surface area contributed by atoms with Crippen molar-refractivity contribution in [2.75, 3.05) is 6.61 Å². The molecular formula is C33H31N3O4S. The zero-order valence-electron chi connectivity index (χ0n) is 22.8. The van der Waals surface area contributed by atoms with Gasteiger partial charge in [-0.1, -0.05) is 103 Å². The topological polar surface area (TPSA) is 81.4 Å². The quantitative estimate of drug-likeness (QED) is 0.171. The Labute approximate surface area is 243 Å². The van der Waals surface area contributed by atoms with Gasteiger partial charge in [0.1, 0.15) is 30.0 Å². The smallest absolute Gasteiger partial charge is 0.164 e. The SMILES string of the molecule is CC1(C)O[C@@H]2[C@H](O1)[C@@H](COC(c1ccccc1)(c1ccccc1)c1ccccc1)O[C@H]2c1c[nH]c2c(=S)nc[nH]c12. The van der Waals surface area contributed by atoms with Gasteiger partial charge in [-0.05, 0) is 30.5 Å². The van der Waals surface area contributed by atoms with Crippen LogP contribution in [0.25, 0.3) is 11.0 Å². The van der Waals surface area contributed by atoms with E-state index in [0.29, 0.717) is 4.64 Å². The second-order valence-corrected chi connectivity index (χ2v) is 11.3. The fraction of sp³-hybridized carbons (Fsp3) is 0.273. The number of H-pyrrole nitrogens is 2. The van der Waals surface area contributed by atoms with Crippen LogP contribution in [0.1, 0.15) is 42.2 Å². The summed E-state index contributed by atoms with van der Waals surface area (Å²) in [5.41, 5.74) is 4.78. The van der Waals surface area contributed by atoms with Crippen LogP contribution in [0, 0.1) is 4.64 Å². The maximum atomic E-state index is 7.12. The highest BCUT2D eigenvalue weighted by atomic mass is 32.1. The van der Waals surface area contributed by atoms with Crippen LogP contribution in [-0.4, -0.2) is 45.7 Å². The van der Waals surface area contributed by atoms with Gasteiger partial charge in [-0.25, -0.2) is 4.98 Å². The summed E-state index contributed by atoms with van der Waals surface area (Å²) in [5, 5.41) is 0. The van der Waals surface area contributed by atoms with Gasteiger partial charge in [-0.3, -0.25) is 0 Å². The number of aromatic amines is 2. The number of rotatable bonds is 7. The normalized spacial score (nSPS) is 23.6. The Bertz CT molecular complexity index is 1610. The molecule has 41 heavy (non-hydrogen) atoms. The molecule has 0 amide bonds. The third kappa shape index (κ3) is 4.52. The van der Waals surface area contributed by atoms with Crippen LogP contribution in [0.5, 0.6) is 0 Å². The van der Waals surface area contributed by atoms with E-state index in [2.05, 4.69) is 51.4 Å². The molecule has 0 aliphatic carbocycles. The molecule has 0 spiro atoms. The van der Waals surface area contributed by atoms with Gasteiger partial charge in [-0.15, -0.1) is 0 Å². The van der Waals surface area contributed by atoms with Crippen molar-refractivity contribution in [2.24, 2.45) is 0 Å². The third-order valence-electron chi connectivity index (χ3n) is 7.98. The van der Waals surface area contributed by atoms with Crippen LogP contribution in [0.15, 0.2) is 104 Å². The average Bonchev–Trinajstić information content (AvgIpc) is 3.67. The number of nitrogens with zero attached hydrogens (tertiary/aromatic N) is 1. The number of aromatic nitrogens is 3. The maximum Gasteiger partial charge on any atom is 0.164 e. The van der Waals surface area contributed by atoms with Crippen molar-refractivity contribution in [1.29, 1.82) is 0 Å². The lowest BCUT2D eigenvalue weighted by molar-refractivity contribution is -0.196. The van der Waals surface area contributed by atoms with Crippen LogP contribution in [0.3, 0.4) is 0 Å². The van der Waals surface area contributed by atoms with E-state index in [4.69, 9.17) is 31.2 Å². The number of fused-ring (bicyclic) bond motifs is 2. The van der Waals surface area contributed by atoms with E-state index in [1.165, 1.54) is 0 Å². The lowest BCUT2D eigenvalue weighted by Gasteiger charge is -2.37. The van der Waals surface area contributed by atoms with Gasteiger partial charge in [0.25, 0.3) is 0 Å². The Morgan fingerprint density at radius 3 is 1.95 bits per heavy atom. The molecule has 2 fully saturated rings. The second-order valence-electron chi connectivity index (χ2n) is 11.0. The highest BCUT2D eigenvalue weighted by Gasteiger charge is 2.56. The van der Waals surface area contributed by atoms with Crippen LogP contribution >= 0.6 is 12.2 Å². The van der Waals surface area contributed by atoms with Gasteiger partial charge in [0.05, 0.1) is 24.0 Å². The number of hydrogen-bond acceptors (Lipinski definition) is 6. The molecule has 2 aromatic heterocycles. The zero-order valence-corrected chi connectivity index (χ0v) is 23.6. The first kappa shape index (κ1) is 26.3. The van der Waals surface area contributed by atoms with E-state index < -0.39 is 23.6 Å². The van der Waals surface area contributed by atoms with Gasteiger partial charge in [0, 0.05) is 11.8 Å². The van der Waals surface area contributed by atoms with Crippen molar-refractivity contribution in [1.82, 2.24) is 15.0 Å². The summed E-state index contributed by atoms with van der Waals surface area (Å²) in [4.78, 5) is 10.7. The Morgan fingerprint density at radius 1 is 0.805 bits per heavy atom. The average molecular weight is 566 g/mol. The molecule has 2 saturated heterocycles. The summed E-state index contributed by atoms with van der Waals surface area (Å²) in [7, 11) is 0. The minimum Gasteiger partial charge on any atom is -0.362 e. The minimum atomic E-state index is -0.868. The van der Waals surface area contributed by atoms with E-state index in [1.807, 2.05) is 74.6 Å². The molecule has 0 bridgehead atoms. The monoisotopic (exact) mass is 565 g/mol. The van der Waals surface area contributed by atoms with Gasteiger partial charge < -0.3 is 28.9 Å². The summed E-state index contributed by atoms with van der Waals surface area (Å²) in [6.45, 7) is 4.15. The molecule has 2 aliphatic heterocycles. The van der Waals surface area contributed by atoms with E-state index in [9.17, 15) is 0 Å². The third-order valence-corrected chi connectivity index (χ3v) is 8.29. The number of nitrogens with one attached hydrogen (secondary N) is 2. The number of ether oxygens (including phenoxy) is 4. The van der Waals surface area contributed by atoms with Crippen molar-refractivity contribution in [3.05, 3.63) is 130 Å². The molecule has 2 N–H and O–H groups in total. The first-order chi connectivity index (χ1) is 20.0. The molecule has 0 saturated carbocycles. The molecule has 0 radical (unpaired) electrons. The van der Waals surface area contributed by atoms with Gasteiger partial charge >= 0.3 is 0 Å². The minimum absolute atomic E-state index is 0.274. The van der Waals surface area contributed by atoms with Crippen molar-refractivity contribution in [3.8, 4) is 0 Å². The Hall–Kier alpha value is -3.66.